The fourth-order valence-electron chi connectivity index (χ4n) is 3.09. The molecular formula is C29H30N2O6. The van der Waals surface area contributed by atoms with Crippen LogP contribution in [0.25, 0.3) is 11.4 Å². The number of methoxy groups -OCH3 is 1. The number of hydroxylamine groups is 2. The lowest BCUT2D eigenvalue weighted by Crippen LogP contribution is -2.15. The summed E-state index contributed by atoms with van der Waals surface area (Å²) < 4.78 is 16.4. The molecule has 0 fully saturated rings. The van der Waals surface area contributed by atoms with Crippen LogP contribution in [0.2, 0.25) is 0 Å². The van der Waals surface area contributed by atoms with Crippen molar-refractivity contribution in [2.75, 3.05) is 20.8 Å². The molecule has 0 aliphatic carbocycles. The molecule has 8 nitrogen and oxygen atoms in total. The van der Waals surface area contributed by atoms with E-state index in [0.29, 0.717) is 29.5 Å². The zero-order valence-corrected chi connectivity index (χ0v) is 20.8. The summed E-state index contributed by atoms with van der Waals surface area (Å²) in [5.74, 6) is 0.851. The summed E-state index contributed by atoms with van der Waals surface area (Å²) in [6.07, 6.45) is 4.51. The Morgan fingerprint density at radius 2 is 1.51 bits per heavy atom. The van der Waals surface area contributed by atoms with E-state index in [-0.39, 0.29) is 6.61 Å². The Hall–Kier alpha value is -4.53. The number of carbonyl (C=O) groups excluding carboxylic acids is 1. The summed E-state index contributed by atoms with van der Waals surface area (Å²) >= 11 is 0. The summed E-state index contributed by atoms with van der Waals surface area (Å²) in [6, 6.07) is 24.6. The smallest absolute Gasteiger partial charge is 0.332 e. The van der Waals surface area contributed by atoms with Gasteiger partial charge in [-0.15, -0.1) is 6.58 Å². The van der Waals surface area contributed by atoms with Crippen molar-refractivity contribution in [3.05, 3.63) is 121 Å². The van der Waals surface area contributed by atoms with E-state index in [0.717, 1.165) is 16.7 Å². The van der Waals surface area contributed by atoms with Gasteiger partial charge < -0.3 is 14.2 Å². The maximum Gasteiger partial charge on any atom is 0.332 e. The highest BCUT2D eigenvalue weighted by molar-refractivity contribution is 5.90. The van der Waals surface area contributed by atoms with Gasteiger partial charge in [0, 0.05) is 17.2 Å². The molecule has 0 saturated carbocycles. The van der Waals surface area contributed by atoms with Crippen LogP contribution in [0, 0.1) is 0 Å². The molecule has 0 saturated heterocycles. The number of hydrogen-bond donors (Lipinski definition) is 2. The van der Waals surface area contributed by atoms with Crippen molar-refractivity contribution in [2.45, 2.75) is 6.61 Å². The van der Waals surface area contributed by atoms with Crippen molar-refractivity contribution in [1.82, 2.24) is 11.0 Å². The molecule has 3 aromatic carbocycles. The minimum absolute atomic E-state index is 0.276. The normalized spacial score (nSPS) is 11.4. The number of carbonyl (C=O) groups is 1. The van der Waals surface area contributed by atoms with Gasteiger partial charge in [-0.2, -0.15) is 0 Å². The van der Waals surface area contributed by atoms with Crippen molar-refractivity contribution >= 4 is 17.4 Å². The van der Waals surface area contributed by atoms with Crippen LogP contribution in [0.15, 0.2) is 104 Å². The lowest BCUT2D eigenvalue weighted by molar-refractivity contribution is -0.134. The van der Waals surface area contributed by atoms with E-state index in [2.05, 4.69) is 17.5 Å². The summed E-state index contributed by atoms with van der Waals surface area (Å²) in [7, 11) is 2.86. The van der Waals surface area contributed by atoms with E-state index < -0.39 is 5.97 Å². The number of rotatable bonds is 14. The number of esters is 1. The quantitative estimate of drug-likeness (QED) is 0.0794. The van der Waals surface area contributed by atoms with Gasteiger partial charge in [-0.25, -0.2) is 4.79 Å². The molecule has 0 bridgehead atoms. The van der Waals surface area contributed by atoms with Crippen molar-refractivity contribution in [3.8, 4) is 11.5 Å². The molecule has 0 aliphatic heterocycles. The zero-order chi connectivity index (χ0) is 26.3. The minimum Gasteiger partial charge on any atom is -0.489 e. The van der Waals surface area contributed by atoms with Crippen LogP contribution in [0.3, 0.4) is 0 Å². The standard InChI is InChI=1S/C29H30N2O6/c1-4-18-37-31-27(19-29(32)33-2)24-12-16-26(17-13-24)35-20-22-10-14-25(15-11-22)36-21-28(30-34-3)23-8-6-5-7-9-23/h4-17,19,21,30-31H,1,18,20H2,2-3H3. The molecule has 37 heavy (non-hydrogen) atoms. The first kappa shape index (κ1) is 27.1. The van der Waals surface area contributed by atoms with Crippen LogP contribution in [-0.2, 0) is 25.8 Å². The summed E-state index contributed by atoms with van der Waals surface area (Å²) in [5, 5.41) is 0. The Balaban J connectivity index is 1.58. The van der Waals surface area contributed by atoms with Crippen molar-refractivity contribution < 1.29 is 28.7 Å². The van der Waals surface area contributed by atoms with Gasteiger partial charge in [0.2, 0.25) is 0 Å². The van der Waals surface area contributed by atoms with Crippen molar-refractivity contribution in [2.24, 2.45) is 0 Å². The second-order valence-electron chi connectivity index (χ2n) is 7.56. The van der Waals surface area contributed by atoms with E-state index in [1.807, 2.05) is 78.9 Å². The van der Waals surface area contributed by atoms with Gasteiger partial charge in [0.1, 0.15) is 30.1 Å². The van der Waals surface area contributed by atoms with Crippen LogP contribution in [0.1, 0.15) is 16.7 Å². The Labute approximate surface area is 216 Å². The van der Waals surface area contributed by atoms with Crippen molar-refractivity contribution in [1.29, 1.82) is 0 Å². The summed E-state index contributed by atoms with van der Waals surface area (Å²) in [4.78, 5) is 22.0. The Morgan fingerprint density at radius 1 is 0.838 bits per heavy atom. The average molecular weight is 503 g/mol. The SMILES string of the molecule is C=CCONC(=CC(=O)OC)c1ccc(OCc2ccc(OC=C(NOC)c3ccccc3)cc2)cc1. The van der Waals surface area contributed by atoms with Crippen LogP contribution in [-0.4, -0.2) is 26.8 Å². The van der Waals surface area contributed by atoms with E-state index in [4.69, 9.17) is 23.9 Å². The third kappa shape index (κ3) is 8.88. The molecule has 3 aromatic rings. The largest absolute Gasteiger partial charge is 0.489 e. The predicted molar refractivity (Wildman–Crippen MR) is 142 cm³/mol. The molecule has 0 heterocycles. The number of nitrogens with one attached hydrogen (secondary N) is 2. The average Bonchev–Trinajstić information content (AvgIpc) is 2.95. The molecule has 2 N–H and O–H groups in total. The second kappa shape index (κ2) is 14.8. The highest BCUT2D eigenvalue weighted by atomic mass is 16.6. The van der Waals surface area contributed by atoms with E-state index in [1.165, 1.54) is 13.2 Å². The maximum atomic E-state index is 11.7. The molecule has 0 radical (unpaired) electrons. The number of ether oxygens (including phenoxy) is 3. The molecule has 0 amide bonds. The van der Waals surface area contributed by atoms with E-state index in [1.54, 1.807) is 19.4 Å². The van der Waals surface area contributed by atoms with Gasteiger partial charge in [-0.05, 0) is 42.0 Å². The molecule has 3 rings (SSSR count). The summed E-state index contributed by atoms with van der Waals surface area (Å²) in [5.41, 5.74) is 9.37. The molecular weight excluding hydrogens is 472 g/mol. The van der Waals surface area contributed by atoms with Crippen LogP contribution < -0.4 is 20.4 Å². The third-order valence-electron chi connectivity index (χ3n) is 4.95. The van der Waals surface area contributed by atoms with Crippen LogP contribution in [0.5, 0.6) is 11.5 Å². The fourth-order valence-corrected chi connectivity index (χ4v) is 3.09. The second-order valence-corrected chi connectivity index (χ2v) is 7.56. The maximum absolute atomic E-state index is 11.7. The predicted octanol–water partition coefficient (Wildman–Crippen LogP) is 5.02. The first-order chi connectivity index (χ1) is 18.1. The van der Waals surface area contributed by atoms with Gasteiger partial charge in [0.15, 0.2) is 0 Å². The first-order valence-corrected chi connectivity index (χ1v) is 11.4. The third-order valence-corrected chi connectivity index (χ3v) is 4.95. The number of hydrogen-bond acceptors (Lipinski definition) is 8. The van der Waals surface area contributed by atoms with Gasteiger partial charge in [0.25, 0.3) is 0 Å². The van der Waals surface area contributed by atoms with Gasteiger partial charge in [-0.1, -0.05) is 48.5 Å². The molecule has 0 spiro atoms. The Bertz CT molecular complexity index is 1190. The molecule has 0 atom stereocenters. The fraction of sp³-hybridized carbons (Fsp3) is 0.138. The van der Waals surface area contributed by atoms with E-state index >= 15 is 0 Å². The molecule has 0 unspecified atom stereocenters. The minimum atomic E-state index is -0.501. The molecule has 0 aromatic heterocycles. The molecule has 0 aliphatic rings. The highest BCUT2D eigenvalue weighted by Crippen LogP contribution is 2.20. The Kier molecular flexibility index (Phi) is 10.8. The van der Waals surface area contributed by atoms with Crippen molar-refractivity contribution in [3.63, 3.8) is 0 Å². The van der Waals surface area contributed by atoms with Crippen LogP contribution >= 0.6 is 0 Å². The summed E-state index contributed by atoms with van der Waals surface area (Å²) in [6.45, 7) is 4.25. The lowest BCUT2D eigenvalue weighted by atomic mass is 10.1. The van der Waals surface area contributed by atoms with Gasteiger partial charge in [-0.3, -0.25) is 20.6 Å². The van der Waals surface area contributed by atoms with E-state index in [9.17, 15) is 4.79 Å². The lowest BCUT2D eigenvalue weighted by Gasteiger charge is -2.12. The molecule has 8 heteroatoms. The monoisotopic (exact) mass is 502 g/mol. The van der Waals surface area contributed by atoms with Crippen LogP contribution in [0.4, 0.5) is 0 Å². The first-order valence-electron chi connectivity index (χ1n) is 11.4. The number of benzene rings is 3. The van der Waals surface area contributed by atoms with Gasteiger partial charge in [0.05, 0.1) is 26.5 Å². The zero-order valence-electron chi connectivity index (χ0n) is 20.8. The Morgan fingerprint density at radius 3 is 2.16 bits per heavy atom. The topological polar surface area (TPSA) is 87.3 Å². The highest BCUT2D eigenvalue weighted by Gasteiger charge is 2.07. The van der Waals surface area contributed by atoms with Gasteiger partial charge >= 0.3 is 5.97 Å². The molecule has 192 valence electrons.